The molecule has 1 aliphatic rings. The summed E-state index contributed by atoms with van der Waals surface area (Å²) in [7, 11) is 0. The van der Waals surface area contributed by atoms with Crippen LogP contribution in [-0.4, -0.2) is 28.5 Å². The third-order valence-corrected chi connectivity index (χ3v) is 1.61. The maximum Gasteiger partial charge on any atom is 0.333 e. The molecule has 2 N–H and O–H groups in total. The number of hydrogen-bond donors (Lipinski definition) is 2. The lowest BCUT2D eigenvalue weighted by Crippen LogP contribution is -2.34. The summed E-state index contributed by atoms with van der Waals surface area (Å²) >= 11 is 0. The molecular formula is C8H8F2O3. The monoisotopic (exact) mass is 191 g/mol. The number of carboxylic acids is 1. The van der Waals surface area contributed by atoms with E-state index in [2.05, 4.69) is 0 Å². The second-order valence-electron chi connectivity index (χ2n) is 2.53. The van der Waals surface area contributed by atoms with Crippen molar-refractivity contribution in [3.63, 3.8) is 0 Å². The molecule has 0 aromatic carbocycles. The van der Waals surface area contributed by atoms with E-state index in [4.69, 9.17) is 11.6 Å². The SMILES string of the molecule is [2H]C1(C(O)C(=O)O)C=CC(F)=CC1F. The van der Waals surface area contributed by atoms with Crippen LogP contribution in [0.25, 0.3) is 0 Å². The van der Waals surface area contributed by atoms with E-state index in [0.717, 1.165) is 6.08 Å². The van der Waals surface area contributed by atoms with Gasteiger partial charge in [0, 0.05) is 7.26 Å². The van der Waals surface area contributed by atoms with E-state index in [1.165, 1.54) is 0 Å². The Morgan fingerprint density at radius 1 is 1.77 bits per heavy atom. The summed E-state index contributed by atoms with van der Waals surface area (Å²) in [5.41, 5.74) is 0. The van der Waals surface area contributed by atoms with Gasteiger partial charge in [0.2, 0.25) is 0 Å². The van der Waals surface area contributed by atoms with Gasteiger partial charge in [-0.3, -0.25) is 0 Å². The lowest BCUT2D eigenvalue weighted by molar-refractivity contribution is -0.149. The molecule has 0 saturated carbocycles. The summed E-state index contributed by atoms with van der Waals surface area (Å²) < 4.78 is 32.9. The van der Waals surface area contributed by atoms with Crippen LogP contribution < -0.4 is 0 Å². The van der Waals surface area contributed by atoms with Gasteiger partial charge in [0.05, 0.1) is 0 Å². The van der Waals surface area contributed by atoms with Crippen LogP contribution in [0.5, 0.6) is 0 Å². The van der Waals surface area contributed by atoms with Crippen LogP contribution >= 0.6 is 0 Å². The van der Waals surface area contributed by atoms with E-state index in [1.54, 1.807) is 0 Å². The van der Waals surface area contributed by atoms with Crippen LogP contribution in [0.3, 0.4) is 0 Å². The first-order chi connectivity index (χ1) is 6.38. The second-order valence-corrected chi connectivity index (χ2v) is 2.53. The van der Waals surface area contributed by atoms with E-state index in [9.17, 15) is 13.6 Å². The zero-order valence-electron chi connectivity index (χ0n) is 7.45. The van der Waals surface area contributed by atoms with Gasteiger partial charge in [-0.2, -0.15) is 0 Å². The molecule has 3 nitrogen and oxygen atoms in total. The van der Waals surface area contributed by atoms with E-state index in [-0.39, 0.29) is 0 Å². The average molecular weight is 191 g/mol. The Balaban J connectivity index is 2.97. The molecule has 0 spiro atoms. The van der Waals surface area contributed by atoms with E-state index in [0.29, 0.717) is 12.2 Å². The van der Waals surface area contributed by atoms with Gasteiger partial charge < -0.3 is 10.2 Å². The van der Waals surface area contributed by atoms with Crippen molar-refractivity contribution < 1.29 is 25.2 Å². The van der Waals surface area contributed by atoms with Crippen LogP contribution in [0, 0.1) is 5.89 Å². The second kappa shape index (κ2) is 3.66. The van der Waals surface area contributed by atoms with Crippen molar-refractivity contribution in [2.45, 2.75) is 12.3 Å². The third-order valence-electron chi connectivity index (χ3n) is 1.61. The quantitative estimate of drug-likeness (QED) is 0.679. The van der Waals surface area contributed by atoms with Gasteiger partial charge in [-0.05, 0) is 12.2 Å². The number of aliphatic hydroxyl groups is 1. The summed E-state index contributed by atoms with van der Waals surface area (Å²) in [5.74, 6) is -4.97. The van der Waals surface area contributed by atoms with E-state index < -0.39 is 30.0 Å². The number of allylic oxidation sites excluding steroid dienone is 3. The highest BCUT2D eigenvalue weighted by Gasteiger charge is 2.32. The fourth-order valence-corrected chi connectivity index (χ4v) is 0.944. The molecule has 0 aliphatic heterocycles. The number of alkyl halides is 1. The standard InChI is InChI=1S/C8H8F2O3/c9-4-1-2-5(6(10)3-4)7(11)8(12)13/h1-3,5-7,11H,(H,12,13)/i5D. The molecular weight excluding hydrogens is 182 g/mol. The van der Waals surface area contributed by atoms with Gasteiger partial charge in [0.1, 0.15) is 12.0 Å². The predicted molar refractivity (Wildman–Crippen MR) is 40.4 cm³/mol. The topological polar surface area (TPSA) is 57.5 Å². The highest BCUT2D eigenvalue weighted by molar-refractivity contribution is 5.73. The maximum atomic E-state index is 13.1. The number of hydrogen-bond acceptors (Lipinski definition) is 2. The molecule has 5 heteroatoms. The van der Waals surface area contributed by atoms with Gasteiger partial charge in [0.15, 0.2) is 6.10 Å². The van der Waals surface area contributed by atoms with Gasteiger partial charge in [-0.15, -0.1) is 0 Å². The predicted octanol–water partition coefficient (Wildman–Crippen LogP) is 0.809. The molecule has 0 heterocycles. The molecule has 0 amide bonds. The molecule has 1 rings (SSSR count). The summed E-state index contributed by atoms with van der Waals surface area (Å²) in [6.07, 6.45) is -2.49. The van der Waals surface area contributed by atoms with Crippen LogP contribution in [0.1, 0.15) is 1.37 Å². The lowest BCUT2D eigenvalue weighted by Gasteiger charge is -2.20. The van der Waals surface area contributed by atoms with E-state index in [1.807, 2.05) is 0 Å². The van der Waals surface area contributed by atoms with Crippen molar-refractivity contribution in [2.24, 2.45) is 5.89 Å². The average Bonchev–Trinajstić information content (AvgIpc) is 2.10. The first-order valence-corrected chi connectivity index (χ1v) is 3.49. The summed E-state index contributed by atoms with van der Waals surface area (Å²) in [4.78, 5) is 10.3. The minimum Gasteiger partial charge on any atom is -0.479 e. The maximum absolute atomic E-state index is 13.1. The number of halogens is 2. The van der Waals surface area contributed by atoms with Crippen molar-refractivity contribution in [3.05, 3.63) is 24.1 Å². The van der Waals surface area contributed by atoms with E-state index >= 15 is 0 Å². The first kappa shape index (κ1) is 8.37. The lowest BCUT2D eigenvalue weighted by atomic mass is 9.93. The van der Waals surface area contributed by atoms with Crippen LogP contribution in [0.15, 0.2) is 24.1 Å². The van der Waals surface area contributed by atoms with Gasteiger partial charge in [-0.25, -0.2) is 13.6 Å². The molecule has 0 bridgehead atoms. The highest BCUT2D eigenvalue weighted by Crippen LogP contribution is 2.23. The molecule has 3 unspecified atom stereocenters. The molecule has 0 fully saturated rings. The van der Waals surface area contributed by atoms with Gasteiger partial charge in [-0.1, -0.05) is 6.08 Å². The van der Waals surface area contributed by atoms with Crippen LogP contribution in [0.4, 0.5) is 8.78 Å². The van der Waals surface area contributed by atoms with Gasteiger partial charge in [0.25, 0.3) is 0 Å². The number of carbonyl (C=O) groups is 1. The molecule has 0 saturated heterocycles. The Morgan fingerprint density at radius 2 is 2.38 bits per heavy atom. The van der Waals surface area contributed by atoms with Crippen molar-refractivity contribution in [1.29, 1.82) is 0 Å². The molecule has 0 aromatic rings. The Bertz CT molecular complexity index is 316. The largest absolute Gasteiger partial charge is 0.479 e. The van der Waals surface area contributed by atoms with Crippen LogP contribution in [-0.2, 0) is 4.79 Å². The highest BCUT2D eigenvalue weighted by atomic mass is 19.1. The van der Waals surface area contributed by atoms with Crippen molar-refractivity contribution in [1.82, 2.24) is 0 Å². The molecule has 72 valence electrons. The minimum atomic E-state index is -2.36. The molecule has 13 heavy (non-hydrogen) atoms. The molecule has 0 aromatic heterocycles. The minimum absolute atomic E-state index is 0.458. The summed E-state index contributed by atoms with van der Waals surface area (Å²) in [6.45, 7) is 0. The first-order valence-electron chi connectivity index (χ1n) is 3.99. The summed E-state index contributed by atoms with van der Waals surface area (Å²) in [6, 6.07) is 0. The third kappa shape index (κ3) is 2.12. The van der Waals surface area contributed by atoms with Gasteiger partial charge >= 0.3 is 5.97 Å². The molecule has 3 atom stereocenters. The van der Waals surface area contributed by atoms with Crippen molar-refractivity contribution in [3.8, 4) is 0 Å². The number of aliphatic carboxylic acids is 1. The fraction of sp³-hybridized carbons (Fsp3) is 0.375. The number of aliphatic hydroxyl groups excluding tert-OH is 1. The molecule has 0 radical (unpaired) electrons. The number of carboxylic acid groups (broad SMARTS) is 1. The Morgan fingerprint density at radius 3 is 2.85 bits per heavy atom. The zero-order valence-corrected chi connectivity index (χ0v) is 6.45. The van der Waals surface area contributed by atoms with Crippen molar-refractivity contribution >= 4 is 5.97 Å². The van der Waals surface area contributed by atoms with Crippen LogP contribution in [0.2, 0.25) is 0 Å². The zero-order chi connectivity index (χ0) is 10.9. The smallest absolute Gasteiger partial charge is 0.333 e. The molecule has 1 aliphatic carbocycles. The Hall–Kier alpha value is -1.23. The summed E-state index contributed by atoms with van der Waals surface area (Å²) in [5, 5.41) is 17.4. The normalized spacial score (nSPS) is 36.4. The Labute approximate surface area is 74.4 Å². The fourth-order valence-electron chi connectivity index (χ4n) is 0.944. The Kier molecular flexibility index (Phi) is 2.35. The van der Waals surface area contributed by atoms with Crippen molar-refractivity contribution in [2.75, 3.05) is 0 Å². The number of rotatable bonds is 2.